The summed E-state index contributed by atoms with van der Waals surface area (Å²) in [5.74, 6) is -1.50. The Hall–Kier alpha value is -2.57. The molecule has 2 rings (SSSR count). The highest BCUT2D eigenvalue weighted by molar-refractivity contribution is 6.02. The first kappa shape index (κ1) is 13.9. The van der Waals surface area contributed by atoms with Gasteiger partial charge in [-0.2, -0.15) is 0 Å². The van der Waals surface area contributed by atoms with Gasteiger partial charge >= 0.3 is 5.97 Å². The molecule has 1 aliphatic heterocycles. The van der Waals surface area contributed by atoms with Crippen LogP contribution in [0.2, 0.25) is 0 Å². The maximum atomic E-state index is 11.8. The van der Waals surface area contributed by atoms with Crippen LogP contribution in [0.1, 0.15) is 6.92 Å². The first-order valence-electron chi connectivity index (χ1n) is 6.03. The number of anilines is 1. The van der Waals surface area contributed by atoms with Gasteiger partial charge in [0, 0.05) is 0 Å². The van der Waals surface area contributed by atoms with Crippen molar-refractivity contribution < 1.29 is 24.2 Å². The van der Waals surface area contributed by atoms with Gasteiger partial charge in [0.25, 0.3) is 5.91 Å². The van der Waals surface area contributed by atoms with Gasteiger partial charge in [-0.05, 0) is 19.1 Å². The molecular weight excluding hydrogens is 264 g/mol. The summed E-state index contributed by atoms with van der Waals surface area (Å²) in [5, 5.41) is 11.0. The van der Waals surface area contributed by atoms with E-state index in [1.165, 1.54) is 11.8 Å². The average molecular weight is 278 g/mol. The van der Waals surface area contributed by atoms with Crippen molar-refractivity contribution in [2.75, 3.05) is 18.1 Å². The standard InChI is InChI=1S/C13H14N2O5/c1-8(13(18)19)14-11(16)6-15-9-4-2-3-5-10(9)20-7-12(15)17/h2-5,8H,6-7H2,1H3,(H,14,16)(H,18,19)/t8-/m1/s1. The van der Waals surface area contributed by atoms with Crippen LogP contribution < -0.4 is 15.0 Å². The van der Waals surface area contributed by atoms with E-state index in [0.29, 0.717) is 11.4 Å². The molecular formula is C13H14N2O5. The number of carbonyl (C=O) groups is 3. The fraction of sp³-hybridized carbons (Fsp3) is 0.308. The molecule has 7 nitrogen and oxygen atoms in total. The Balaban J connectivity index is 2.11. The number of carboxylic acids is 1. The maximum Gasteiger partial charge on any atom is 0.325 e. The van der Waals surface area contributed by atoms with Crippen LogP contribution in [0.3, 0.4) is 0 Å². The number of nitrogens with one attached hydrogen (secondary N) is 1. The molecule has 1 heterocycles. The Kier molecular flexibility index (Phi) is 3.88. The first-order valence-corrected chi connectivity index (χ1v) is 6.03. The second-order valence-corrected chi connectivity index (χ2v) is 4.36. The fourth-order valence-electron chi connectivity index (χ4n) is 1.82. The van der Waals surface area contributed by atoms with Gasteiger partial charge in [0.1, 0.15) is 18.3 Å². The predicted molar refractivity (Wildman–Crippen MR) is 69.5 cm³/mol. The topological polar surface area (TPSA) is 95.9 Å². The number of carbonyl (C=O) groups excluding carboxylic acids is 2. The van der Waals surface area contributed by atoms with Gasteiger partial charge in [-0.3, -0.25) is 19.3 Å². The maximum absolute atomic E-state index is 11.8. The van der Waals surface area contributed by atoms with E-state index in [9.17, 15) is 14.4 Å². The number of amides is 2. The zero-order chi connectivity index (χ0) is 14.7. The number of aliphatic carboxylic acids is 1. The van der Waals surface area contributed by atoms with Gasteiger partial charge in [-0.15, -0.1) is 0 Å². The smallest absolute Gasteiger partial charge is 0.325 e. The SMILES string of the molecule is C[C@@H](NC(=O)CN1C(=O)COc2ccccc21)C(=O)O. The first-order chi connectivity index (χ1) is 9.49. The number of para-hydroxylation sites is 2. The van der Waals surface area contributed by atoms with Crippen molar-refractivity contribution >= 4 is 23.5 Å². The van der Waals surface area contributed by atoms with E-state index in [4.69, 9.17) is 9.84 Å². The molecule has 0 saturated carbocycles. The van der Waals surface area contributed by atoms with E-state index >= 15 is 0 Å². The Morgan fingerprint density at radius 1 is 1.45 bits per heavy atom. The molecule has 106 valence electrons. The third-order valence-corrected chi connectivity index (χ3v) is 2.86. The lowest BCUT2D eigenvalue weighted by molar-refractivity contribution is -0.141. The summed E-state index contributed by atoms with van der Waals surface area (Å²) in [6.07, 6.45) is 0. The molecule has 0 bridgehead atoms. The number of hydrogen-bond donors (Lipinski definition) is 2. The van der Waals surface area contributed by atoms with Crippen LogP contribution in [-0.2, 0) is 14.4 Å². The largest absolute Gasteiger partial charge is 0.482 e. The van der Waals surface area contributed by atoms with Crippen LogP contribution in [0, 0.1) is 0 Å². The third-order valence-electron chi connectivity index (χ3n) is 2.86. The average Bonchev–Trinajstić information content (AvgIpc) is 2.42. The summed E-state index contributed by atoms with van der Waals surface area (Å²) in [4.78, 5) is 35.5. The van der Waals surface area contributed by atoms with Crippen LogP contribution in [0.15, 0.2) is 24.3 Å². The Morgan fingerprint density at radius 3 is 2.85 bits per heavy atom. The summed E-state index contributed by atoms with van der Waals surface area (Å²) >= 11 is 0. The Bertz CT molecular complexity index is 557. The molecule has 2 amide bonds. The molecule has 7 heteroatoms. The molecule has 0 aliphatic carbocycles. The molecule has 1 aliphatic rings. The summed E-state index contributed by atoms with van der Waals surface area (Å²) in [6, 6.07) is 5.85. The fourth-order valence-corrected chi connectivity index (χ4v) is 1.82. The van der Waals surface area contributed by atoms with E-state index in [-0.39, 0.29) is 19.1 Å². The number of ether oxygens (including phenoxy) is 1. The lowest BCUT2D eigenvalue weighted by Crippen LogP contribution is -2.48. The second kappa shape index (κ2) is 5.60. The summed E-state index contributed by atoms with van der Waals surface area (Å²) in [6.45, 7) is 0.977. The highest BCUT2D eigenvalue weighted by Gasteiger charge is 2.27. The van der Waals surface area contributed by atoms with E-state index in [1.54, 1.807) is 24.3 Å². The number of benzene rings is 1. The van der Waals surface area contributed by atoms with Crippen molar-refractivity contribution in [1.82, 2.24) is 5.32 Å². The Labute approximate surface area is 115 Å². The van der Waals surface area contributed by atoms with Gasteiger partial charge in [-0.1, -0.05) is 12.1 Å². The van der Waals surface area contributed by atoms with E-state index in [0.717, 1.165) is 0 Å². The van der Waals surface area contributed by atoms with E-state index in [1.807, 2.05) is 0 Å². The minimum atomic E-state index is -1.13. The minimum Gasteiger partial charge on any atom is -0.482 e. The highest BCUT2D eigenvalue weighted by Crippen LogP contribution is 2.31. The van der Waals surface area contributed by atoms with Gasteiger partial charge in [-0.25, -0.2) is 0 Å². The van der Waals surface area contributed by atoms with Crippen molar-refractivity contribution in [3.05, 3.63) is 24.3 Å². The molecule has 0 fully saturated rings. The van der Waals surface area contributed by atoms with Crippen LogP contribution in [0.4, 0.5) is 5.69 Å². The lowest BCUT2D eigenvalue weighted by Gasteiger charge is -2.28. The monoisotopic (exact) mass is 278 g/mol. The molecule has 1 atom stereocenters. The van der Waals surface area contributed by atoms with Crippen LogP contribution in [-0.4, -0.2) is 42.1 Å². The molecule has 0 saturated heterocycles. The normalized spacial score (nSPS) is 15.1. The summed E-state index contributed by atoms with van der Waals surface area (Å²) in [5.41, 5.74) is 0.502. The van der Waals surface area contributed by atoms with Crippen LogP contribution in [0.5, 0.6) is 5.75 Å². The van der Waals surface area contributed by atoms with E-state index < -0.39 is 17.9 Å². The molecule has 0 unspecified atom stereocenters. The number of carboxylic acid groups (broad SMARTS) is 1. The number of hydrogen-bond acceptors (Lipinski definition) is 4. The molecule has 0 aromatic heterocycles. The van der Waals surface area contributed by atoms with Gasteiger partial charge in [0.15, 0.2) is 6.61 Å². The van der Waals surface area contributed by atoms with Crippen molar-refractivity contribution in [3.8, 4) is 5.75 Å². The van der Waals surface area contributed by atoms with Crippen molar-refractivity contribution in [1.29, 1.82) is 0 Å². The third kappa shape index (κ3) is 2.87. The number of fused-ring (bicyclic) bond motifs is 1. The number of nitrogens with zero attached hydrogens (tertiary/aromatic N) is 1. The molecule has 20 heavy (non-hydrogen) atoms. The van der Waals surface area contributed by atoms with Crippen LogP contribution in [0.25, 0.3) is 0 Å². The van der Waals surface area contributed by atoms with Gasteiger partial charge in [0.05, 0.1) is 5.69 Å². The Morgan fingerprint density at radius 2 is 2.15 bits per heavy atom. The van der Waals surface area contributed by atoms with Crippen LogP contribution >= 0.6 is 0 Å². The lowest BCUT2D eigenvalue weighted by atomic mass is 10.2. The molecule has 0 spiro atoms. The van der Waals surface area contributed by atoms with Gasteiger partial charge in [0.2, 0.25) is 5.91 Å². The predicted octanol–water partition coefficient (Wildman–Crippen LogP) is 0.00130. The van der Waals surface area contributed by atoms with E-state index in [2.05, 4.69) is 5.32 Å². The highest BCUT2D eigenvalue weighted by atomic mass is 16.5. The summed E-state index contributed by atoms with van der Waals surface area (Å²) in [7, 11) is 0. The van der Waals surface area contributed by atoms with Gasteiger partial charge < -0.3 is 15.2 Å². The zero-order valence-electron chi connectivity index (χ0n) is 10.8. The van der Waals surface area contributed by atoms with Crippen molar-refractivity contribution in [2.45, 2.75) is 13.0 Å². The summed E-state index contributed by atoms with van der Waals surface area (Å²) < 4.78 is 5.25. The quantitative estimate of drug-likeness (QED) is 0.808. The van der Waals surface area contributed by atoms with Crippen molar-refractivity contribution in [3.63, 3.8) is 0 Å². The zero-order valence-corrected chi connectivity index (χ0v) is 10.8. The molecule has 2 N–H and O–H groups in total. The van der Waals surface area contributed by atoms with Crippen molar-refractivity contribution in [2.24, 2.45) is 0 Å². The minimum absolute atomic E-state index is 0.140. The molecule has 0 radical (unpaired) electrons. The second-order valence-electron chi connectivity index (χ2n) is 4.36. The molecule has 1 aromatic rings. The molecule has 1 aromatic carbocycles. The number of rotatable bonds is 4.